The Morgan fingerprint density at radius 3 is 2.44 bits per heavy atom. The number of aryl methyl sites for hydroxylation is 3. The lowest BCUT2D eigenvalue weighted by Crippen LogP contribution is -2.24. The van der Waals surface area contributed by atoms with Gasteiger partial charge in [0.2, 0.25) is 15.9 Å². The van der Waals surface area contributed by atoms with E-state index in [1.54, 1.807) is 18.2 Å². The van der Waals surface area contributed by atoms with Crippen LogP contribution in [0.25, 0.3) is 0 Å². The third kappa shape index (κ3) is 6.23. The fourth-order valence-corrected chi connectivity index (χ4v) is 3.23. The first-order valence-corrected chi connectivity index (χ1v) is 10.0. The maximum atomic E-state index is 12.1. The second kappa shape index (κ2) is 8.16. The normalized spacial score (nSPS) is 11.2. The van der Waals surface area contributed by atoms with Crippen molar-refractivity contribution in [3.05, 3.63) is 64.7 Å². The first-order valence-electron chi connectivity index (χ1n) is 8.13. The van der Waals surface area contributed by atoms with Crippen LogP contribution in [-0.2, 0) is 27.8 Å². The molecule has 25 heavy (non-hydrogen) atoms. The molecule has 5 nitrogen and oxygen atoms in total. The van der Waals surface area contributed by atoms with Crippen LogP contribution >= 0.6 is 0 Å². The van der Waals surface area contributed by atoms with Gasteiger partial charge in [-0.1, -0.05) is 42.0 Å². The third-order valence-electron chi connectivity index (χ3n) is 3.91. The topological polar surface area (TPSA) is 75.3 Å². The van der Waals surface area contributed by atoms with Crippen LogP contribution in [0.3, 0.4) is 0 Å². The van der Waals surface area contributed by atoms with Gasteiger partial charge in [-0.25, -0.2) is 8.42 Å². The molecule has 1 amide bonds. The summed E-state index contributed by atoms with van der Waals surface area (Å²) < 4.78 is 25.3. The number of nitrogens with one attached hydrogen (secondary N) is 2. The number of rotatable bonds is 7. The maximum absolute atomic E-state index is 12.1. The highest BCUT2D eigenvalue weighted by Crippen LogP contribution is 2.16. The molecule has 2 rings (SSSR count). The van der Waals surface area contributed by atoms with E-state index >= 15 is 0 Å². The number of anilines is 1. The molecule has 0 aliphatic heterocycles. The van der Waals surface area contributed by atoms with Gasteiger partial charge in [0, 0.05) is 13.0 Å². The monoisotopic (exact) mass is 360 g/mol. The lowest BCUT2D eigenvalue weighted by Gasteiger charge is -2.12. The Morgan fingerprint density at radius 1 is 1.04 bits per heavy atom. The van der Waals surface area contributed by atoms with Gasteiger partial charge in [0.1, 0.15) is 0 Å². The zero-order valence-electron chi connectivity index (χ0n) is 14.8. The van der Waals surface area contributed by atoms with Crippen molar-refractivity contribution in [2.75, 3.05) is 11.0 Å². The first-order chi connectivity index (χ1) is 11.7. The molecule has 0 aromatic heterocycles. The summed E-state index contributed by atoms with van der Waals surface area (Å²) in [7, 11) is -3.36. The van der Waals surface area contributed by atoms with Crippen LogP contribution in [0, 0.1) is 13.8 Å². The minimum atomic E-state index is -3.36. The van der Waals surface area contributed by atoms with Crippen molar-refractivity contribution in [2.45, 2.75) is 33.2 Å². The molecule has 0 saturated heterocycles. The molecule has 6 heteroatoms. The van der Waals surface area contributed by atoms with Gasteiger partial charge in [-0.05, 0) is 43.0 Å². The summed E-state index contributed by atoms with van der Waals surface area (Å²) in [5.41, 5.74) is 4.78. The number of amides is 1. The summed E-state index contributed by atoms with van der Waals surface area (Å²) in [6.45, 7) is 4.38. The van der Waals surface area contributed by atoms with Crippen LogP contribution in [-0.4, -0.2) is 20.6 Å². The van der Waals surface area contributed by atoms with Gasteiger partial charge in [0.15, 0.2) is 0 Å². The number of hydrogen-bond donors (Lipinski definition) is 2. The fraction of sp³-hybridized carbons (Fsp3) is 0.316. The Hall–Kier alpha value is -2.34. The van der Waals surface area contributed by atoms with Crippen molar-refractivity contribution in [3.63, 3.8) is 0 Å². The predicted molar refractivity (Wildman–Crippen MR) is 101 cm³/mol. The van der Waals surface area contributed by atoms with Crippen molar-refractivity contribution in [1.29, 1.82) is 0 Å². The summed E-state index contributed by atoms with van der Waals surface area (Å²) in [5, 5.41) is 2.85. The van der Waals surface area contributed by atoms with Crippen LogP contribution in [0.2, 0.25) is 0 Å². The zero-order valence-corrected chi connectivity index (χ0v) is 15.6. The quantitative estimate of drug-likeness (QED) is 0.797. The highest BCUT2D eigenvalue weighted by Gasteiger charge is 2.09. The molecule has 2 N–H and O–H groups in total. The van der Waals surface area contributed by atoms with Gasteiger partial charge in [-0.3, -0.25) is 9.52 Å². The minimum Gasteiger partial charge on any atom is -0.352 e. The number of carbonyl (C=O) groups excluding carboxylic acids is 1. The van der Waals surface area contributed by atoms with Crippen LogP contribution in [0.15, 0.2) is 42.5 Å². The maximum Gasteiger partial charge on any atom is 0.229 e. The van der Waals surface area contributed by atoms with Gasteiger partial charge < -0.3 is 5.32 Å². The van der Waals surface area contributed by atoms with E-state index in [4.69, 9.17) is 0 Å². The van der Waals surface area contributed by atoms with Crippen LogP contribution in [0.1, 0.15) is 28.7 Å². The number of sulfonamides is 1. The standard InChI is InChI=1S/C19H24N2O3S/c1-14-8-9-16(15(2)12-14)10-11-19(22)20-13-17-6-4-5-7-18(17)21-25(3,23)24/h4-9,12,21H,10-11,13H2,1-3H3,(H,20,22). The van der Waals surface area contributed by atoms with E-state index in [0.717, 1.165) is 11.8 Å². The van der Waals surface area contributed by atoms with Crippen molar-refractivity contribution < 1.29 is 13.2 Å². The Balaban J connectivity index is 1.92. The fourth-order valence-electron chi connectivity index (χ4n) is 2.63. The molecule has 2 aromatic carbocycles. The molecule has 0 aliphatic rings. The van der Waals surface area contributed by atoms with E-state index in [1.165, 1.54) is 16.7 Å². The molecule has 0 atom stereocenters. The molecule has 0 bridgehead atoms. The van der Waals surface area contributed by atoms with Gasteiger partial charge in [-0.15, -0.1) is 0 Å². The smallest absolute Gasteiger partial charge is 0.229 e. The molecular formula is C19H24N2O3S. The Bertz CT molecular complexity index is 861. The van der Waals surface area contributed by atoms with Gasteiger partial charge in [-0.2, -0.15) is 0 Å². The van der Waals surface area contributed by atoms with E-state index in [0.29, 0.717) is 18.5 Å². The van der Waals surface area contributed by atoms with Crippen molar-refractivity contribution in [1.82, 2.24) is 5.32 Å². The first kappa shape index (κ1) is 19.0. The van der Waals surface area contributed by atoms with Gasteiger partial charge in [0.25, 0.3) is 0 Å². The molecule has 0 aliphatic carbocycles. The predicted octanol–water partition coefficient (Wildman–Crippen LogP) is 2.92. The summed E-state index contributed by atoms with van der Waals surface area (Å²) in [6, 6.07) is 13.2. The minimum absolute atomic E-state index is 0.0610. The average Bonchev–Trinajstić information content (AvgIpc) is 2.52. The second-order valence-corrected chi connectivity index (χ2v) is 7.99. The number of hydrogen-bond acceptors (Lipinski definition) is 3. The van der Waals surface area contributed by atoms with E-state index in [9.17, 15) is 13.2 Å². The van der Waals surface area contributed by atoms with Crippen LogP contribution in [0.4, 0.5) is 5.69 Å². The average molecular weight is 360 g/mol. The number of carbonyl (C=O) groups is 1. The highest BCUT2D eigenvalue weighted by molar-refractivity contribution is 7.92. The van der Waals surface area contributed by atoms with Crippen molar-refractivity contribution in [3.8, 4) is 0 Å². The molecule has 0 unspecified atom stereocenters. The second-order valence-electron chi connectivity index (χ2n) is 6.24. The summed E-state index contributed by atoms with van der Waals surface area (Å²) >= 11 is 0. The van der Waals surface area contributed by atoms with E-state index in [-0.39, 0.29) is 12.5 Å². The molecule has 134 valence electrons. The summed E-state index contributed by atoms with van der Waals surface area (Å²) in [5.74, 6) is -0.0610. The van der Waals surface area contributed by atoms with Crippen LogP contribution < -0.4 is 10.0 Å². The number of para-hydroxylation sites is 1. The molecule has 0 radical (unpaired) electrons. The van der Waals surface area contributed by atoms with E-state index < -0.39 is 10.0 Å². The molecular weight excluding hydrogens is 336 g/mol. The summed E-state index contributed by atoms with van der Waals surface area (Å²) in [6.07, 6.45) is 2.18. The summed E-state index contributed by atoms with van der Waals surface area (Å²) in [4.78, 5) is 12.1. The third-order valence-corrected chi connectivity index (χ3v) is 4.50. The molecule has 2 aromatic rings. The van der Waals surface area contributed by atoms with E-state index in [2.05, 4.69) is 22.2 Å². The van der Waals surface area contributed by atoms with Gasteiger partial charge in [0.05, 0.1) is 11.9 Å². The molecule has 0 saturated carbocycles. The number of benzene rings is 2. The zero-order chi connectivity index (χ0) is 18.4. The Morgan fingerprint density at radius 2 is 1.76 bits per heavy atom. The SMILES string of the molecule is Cc1ccc(CCC(=O)NCc2ccccc2NS(C)(=O)=O)c(C)c1. The molecule has 0 fully saturated rings. The Kier molecular flexibility index (Phi) is 6.20. The lowest BCUT2D eigenvalue weighted by atomic mass is 10.0. The van der Waals surface area contributed by atoms with Crippen molar-refractivity contribution in [2.24, 2.45) is 0 Å². The van der Waals surface area contributed by atoms with Gasteiger partial charge >= 0.3 is 0 Å². The molecule has 0 spiro atoms. The lowest BCUT2D eigenvalue weighted by molar-refractivity contribution is -0.121. The van der Waals surface area contributed by atoms with E-state index in [1.807, 2.05) is 26.0 Å². The highest BCUT2D eigenvalue weighted by atomic mass is 32.2. The van der Waals surface area contributed by atoms with Crippen LogP contribution in [0.5, 0.6) is 0 Å². The Labute approximate surface area is 149 Å². The molecule has 0 heterocycles. The largest absolute Gasteiger partial charge is 0.352 e. The van der Waals surface area contributed by atoms with Crippen molar-refractivity contribution >= 4 is 21.6 Å².